The molecule has 84 valence electrons. The zero-order valence-corrected chi connectivity index (χ0v) is 10.6. The Kier molecular flexibility index (Phi) is 5.10. The third kappa shape index (κ3) is 4.65. The molecule has 15 heavy (non-hydrogen) atoms. The first-order valence-electron chi connectivity index (χ1n) is 5.64. The van der Waals surface area contributed by atoms with Crippen molar-refractivity contribution in [1.29, 1.82) is 0 Å². The number of nitrogens with zero attached hydrogens (tertiary/aromatic N) is 1. The zero-order valence-electron chi connectivity index (χ0n) is 9.83. The maximum atomic E-state index is 6.29. The van der Waals surface area contributed by atoms with E-state index in [0.29, 0.717) is 0 Å². The summed E-state index contributed by atoms with van der Waals surface area (Å²) in [4.78, 5) is 4.36. The van der Waals surface area contributed by atoms with E-state index < -0.39 is 0 Å². The van der Waals surface area contributed by atoms with Gasteiger partial charge in [0.2, 0.25) is 0 Å². The maximum absolute atomic E-state index is 6.29. The third-order valence-corrected chi connectivity index (χ3v) is 2.96. The normalized spacial score (nSPS) is 13.1. The van der Waals surface area contributed by atoms with Gasteiger partial charge in [0.25, 0.3) is 0 Å². The molecular weight excluding hydrogens is 206 g/mol. The quantitative estimate of drug-likeness (QED) is 0.691. The molecule has 0 fully saturated rings. The molecule has 1 aromatic heterocycles. The fourth-order valence-corrected chi connectivity index (χ4v) is 1.83. The minimum Gasteiger partial charge on any atom is -0.261 e. The van der Waals surface area contributed by atoms with Crippen molar-refractivity contribution in [3.63, 3.8) is 0 Å². The van der Waals surface area contributed by atoms with Crippen molar-refractivity contribution >= 4 is 11.6 Å². The van der Waals surface area contributed by atoms with E-state index in [2.05, 4.69) is 31.8 Å². The fraction of sp³-hybridized carbons (Fsp3) is 0.615. The van der Waals surface area contributed by atoms with Gasteiger partial charge in [-0.05, 0) is 37.3 Å². The Morgan fingerprint density at radius 3 is 2.67 bits per heavy atom. The van der Waals surface area contributed by atoms with Crippen molar-refractivity contribution in [2.75, 3.05) is 0 Å². The minimum atomic E-state index is 0.223. The summed E-state index contributed by atoms with van der Waals surface area (Å²) in [5, 5.41) is 0.223. The number of aryl methyl sites for hydroxylation is 1. The van der Waals surface area contributed by atoms with Crippen LogP contribution >= 0.6 is 11.6 Å². The molecule has 0 aliphatic carbocycles. The summed E-state index contributed by atoms with van der Waals surface area (Å²) in [5.41, 5.74) is 2.38. The molecule has 0 spiro atoms. The average molecular weight is 226 g/mol. The predicted octanol–water partition coefficient (Wildman–Crippen LogP) is 3.98. The molecule has 1 heterocycles. The predicted molar refractivity (Wildman–Crippen MR) is 66.4 cm³/mol. The van der Waals surface area contributed by atoms with E-state index >= 15 is 0 Å². The molecule has 0 aliphatic rings. The molecule has 0 amide bonds. The van der Waals surface area contributed by atoms with E-state index in [1.807, 2.05) is 12.3 Å². The SMILES string of the molecule is Cc1cccnc1CC(Cl)CCC(C)C. The molecule has 0 radical (unpaired) electrons. The summed E-state index contributed by atoms with van der Waals surface area (Å²) in [6, 6.07) is 4.06. The first-order valence-corrected chi connectivity index (χ1v) is 6.07. The van der Waals surface area contributed by atoms with Crippen LogP contribution in [0.4, 0.5) is 0 Å². The summed E-state index contributed by atoms with van der Waals surface area (Å²) in [6.45, 7) is 6.56. The summed E-state index contributed by atoms with van der Waals surface area (Å²) in [7, 11) is 0. The third-order valence-electron chi connectivity index (χ3n) is 2.59. The Bertz CT molecular complexity index is 296. The molecule has 1 rings (SSSR count). The number of hydrogen-bond donors (Lipinski definition) is 0. The van der Waals surface area contributed by atoms with Gasteiger partial charge in [0.15, 0.2) is 0 Å². The van der Waals surface area contributed by atoms with Crippen molar-refractivity contribution in [2.45, 2.75) is 45.4 Å². The molecular formula is C13H20ClN. The first kappa shape index (κ1) is 12.5. The van der Waals surface area contributed by atoms with Gasteiger partial charge in [-0.15, -0.1) is 11.6 Å². The van der Waals surface area contributed by atoms with Crippen LogP contribution in [-0.2, 0) is 6.42 Å². The van der Waals surface area contributed by atoms with Gasteiger partial charge >= 0.3 is 0 Å². The Morgan fingerprint density at radius 2 is 2.07 bits per heavy atom. The van der Waals surface area contributed by atoms with E-state index in [9.17, 15) is 0 Å². The molecule has 0 bridgehead atoms. The zero-order chi connectivity index (χ0) is 11.3. The van der Waals surface area contributed by atoms with Crippen molar-refractivity contribution < 1.29 is 0 Å². The molecule has 1 unspecified atom stereocenters. The number of aromatic nitrogens is 1. The molecule has 1 atom stereocenters. The van der Waals surface area contributed by atoms with E-state index in [4.69, 9.17) is 11.6 Å². The molecule has 1 aromatic rings. The van der Waals surface area contributed by atoms with Gasteiger partial charge < -0.3 is 0 Å². The van der Waals surface area contributed by atoms with E-state index in [1.54, 1.807) is 0 Å². The molecule has 0 N–H and O–H groups in total. The summed E-state index contributed by atoms with van der Waals surface area (Å²) >= 11 is 6.29. The number of pyridine rings is 1. The highest BCUT2D eigenvalue weighted by molar-refractivity contribution is 6.20. The van der Waals surface area contributed by atoms with Gasteiger partial charge in [0, 0.05) is 23.7 Å². The smallest absolute Gasteiger partial charge is 0.0447 e. The van der Waals surface area contributed by atoms with E-state index in [-0.39, 0.29) is 5.38 Å². The Labute approximate surface area is 97.9 Å². The topological polar surface area (TPSA) is 12.9 Å². The van der Waals surface area contributed by atoms with Crippen LogP contribution in [0.15, 0.2) is 18.3 Å². The maximum Gasteiger partial charge on any atom is 0.0447 e. The lowest BCUT2D eigenvalue weighted by atomic mass is 10.0. The van der Waals surface area contributed by atoms with Crippen molar-refractivity contribution in [2.24, 2.45) is 5.92 Å². The van der Waals surface area contributed by atoms with Crippen LogP contribution in [0.1, 0.15) is 37.9 Å². The lowest BCUT2D eigenvalue weighted by Gasteiger charge is -2.11. The Morgan fingerprint density at radius 1 is 1.33 bits per heavy atom. The lowest BCUT2D eigenvalue weighted by Crippen LogP contribution is -2.07. The lowest BCUT2D eigenvalue weighted by molar-refractivity contribution is 0.540. The number of halogens is 1. The van der Waals surface area contributed by atoms with Gasteiger partial charge in [-0.2, -0.15) is 0 Å². The first-order chi connectivity index (χ1) is 7.09. The van der Waals surface area contributed by atoms with Crippen LogP contribution in [0.25, 0.3) is 0 Å². The van der Waals surface area contributed by atoms with Crippen molar-refractivity contribution in [1.82, 2.24) is 4.98 Å². The average Bonchev–Trinajstić information content (AvgIpc) is 2.18. The minimum absolute atomic E-state index is 0.223. The Balaban J connectivity index is 2.44. The van der Waals surface area contributed by atoms with Gasteiger partial charge in [0.05, 0.1) is 0 Å². The highest BCUT2D eigenvalue weighted by atomic mass is 35.5. The molecule has 0 saturated carbocycles. The second kappa shape index (κ2) is 6.12. The molecule has 1 nitrogen and oxygen atoms in total. The second-order valence-corrected chi connectivity index (χ2v) is 5.16. The fourth-order valence-electron chi connectivity index (χ4n) is 1.56. The Hall–Kier alpha value is -0.560. The van der Waals surface area contributed by atoms with Crippen LogP contribution in [0.3, 0.4) is 0 Å². The van der Waals surface area contributed by atoms with Crippen LogP contribution in [0.2, 0.25) is 0 Å². The molecule has 0 aromatic carbocycles. The van der Waals surface area contributed by atoms with Gasteiger partial charge in [-0.3, -0.25) is 4.98 Å². The summed E-state index contributed by atoms with van der Waals surface area (Å²) in [5.74, 6) is 0.732. The molecule has 0 aliphatic heterocycles. The largest absolute Gasteiger partial charge is 0.261 e. The van der Waals surface area contributed by atoms with Crippen LogP contribution < -0.4 is 0 Å². The van der Waals surface area contributed by atoms with Gasteiger partial charge in [-0.1, -0.05) is 19.9 Å². The van der Waals surface area contributed by atoms with E-state index in [0.717, 1.165) is 24.5 Å². The summed E-state index contributed by atoms with van der Waals surface area (Å²) < 4.78 is 0. The number of alkyl halides is 1. The van der Waals surface area contributed by atoms with Crippen LogP contribution in [0, 0.1) is 12.8 Å². The number of rotatable bonds is 5. The van der Waals surface area contributed by atoms with E-state index in [1.165, 1.54) is 12.0 Å². The molecule has 2 heteroatoms. The standard InChI is InChI=1S/C13H20ClN/c1-10(2)6-7-12(14)9-13-11(3)5-4-8-15-13/h4-5,8,10,12H,6-7,9H2,1-3H3. The second-order valence-electron chi connectivity index (χ2n) is 4.54. The highest BCUT2D eigenvalue weighted by Crippen LogP contribution is 2.16. The summed E-state index contributed by atoms with van der Waals surface area (Å²) in [6.07, 6.45) is 5.00. The van der Waals surface area contributed by atoms with Crippen LogP contribution in [-0.4, -0.2) is 10.4 Å². The van der Waals surface area contributed by atoms with Gasteiger partial charge in [-0.25, -0.2) is 0 Å². The van der Waals surface area contributed by atoms with Crippen LogP contribution in [0.5, 0.6) is 0 Å². The number of hydrogen-bond acceptors (Lipinski definition) is 1. The van der Waals surface area contributed by atoms with Crippen molar-refractivity contribution in [3.05, 3.63) is 29.6 Å². The van der Waals surface area contributed by atoms with Crippen molar-refractivity contribution in [3.8, 4) is 0 Å². The monoisotopic (exact) mass is 225 g/mol. The molecule has 0 saturated heterocycles. The highest BCUT2D eigenvalue weighted by Gasteiger charge is 2.09. The van der Waals surface area contributed by atoms with Gasteiger partial charge in [0.1, 0.15) is 0 Å².